The summed E-state index contributed by atoms with van der Waals surface area (Å²) < 4.78 is 0. The van der Waals surface area contributed by atoms with E-state index < -0.39 is 5.97 Å². The quantitative estimate of drug-likeness (QED) is 0.613. The molecule has 2 N–H and O–H groups in total. The Labute approximate surface area is 98.3 Å². The van der Waals surface area contributed by atoms with E-state index in [0.717, 1.165) is 13.0 Å². The molecule has 0 fully saturated rings. The van der Waals surface area contributed by atoms with Crippen LogP contribution < -0.4 is 5.32 Å². The van der Waals surface area contributed by atoms with Gasteiger partial charge in [0.1, 0.15) is 0 Å². The number of hydrogen-bond donors (Lipinski definition) is 2. The second kappa shape index (κ2) is 7.41. The number of nitrogens with zero attached hydrogens (tertiary/aromatic N) is 1. The van der Waals surface area contributed by atoms with E-state index in [0.29, 0.717) is 18.5 Å². The van der Waals surface area contributed by atoms with Gasteiger partial charge in [0.05, 0.1) is 0 Å². The molecule has 0 saturated heterocycles. The fraction of sp³-hybridized carbons (Fsp3) is 0.750. The molecule has 0 rings (SSSR count). The normalized spacial score (nSPS) is 13.1. The Kier molecular flexibility index (Phi) is 7.01. The van der Waals surface area contributed by atoms with E-state index in [2.05, 4.69) is 30.6 Å². The SMILES string of the molecule is C=C(CNC(CC(C)C)CN(C)C)C(=O)O. The maximum atomic E-state index is 10.6. The van der Waals surface area contributed by atoms with Crippen LogP contribution in [0.15, 0.2) is 12.2 Å². The molecule has 1 unspecified atom stereocenters. The van der Waals surface area contributed by atoms with E-state index in [1.807, 2.05) is 14.1 Å². The average molecular weight is 228 g/mol. The van der Waals surface area contributed by atoms with E-state index in [-0.39, 0.29) is 5.57 Å². The number of nitrogens with one attached hydrogen (secondary N) is 1. The number of carboxylic acids is 1. The van der Waals surface area contributed by atoms with Gasteiger partial charge in [0, 0.05) is 24.7 Å². The predicted molar refractivity (Wildman–Crippen MR) is 66.6 cm³/mol. The maximum Gasteiger partial charge on any atom is 0.332 e. The molecule has 16 heavy (non-hydrogen) atoms. The second-order valence-corrected chi connectivity index (χ2v) is 4.88. The molecule has 0 heterocycles. The summed E-state index contributed by atoms with van der Waals surface area (Å²) in [4.78, 5) is 12.7. The first kappa shape index (κ1) is 15.1. The van der Waals surface area contributed by atoms with Gasteiger partial charge in [0.15, 0.2) is 0 Å². The molecule has 0 amide bonds. The van der Waals surface area contributed by atoms with Crippen molar-refractivity contribution < 1.29 is 9.90 Å². The van der Waals surface area contributed by atoms with Crippen molar-refractivity contribution in [3.05, 3.63) is 12.2 Å². The summed E-state index contributed by atoms with van der Waals surface area (Å²) in [6.45, 7) is 9.09. The molecule has 1 atom stereocenters. The molecule has 4 nitrogen and oxygen atoms in total. The molecule has 0 aromatic carbocycles. The van der Waals surface area contributed by atoms with Crippen LogP contribution in [0.25, 0.3) is 0 Å². The first-order valence-electron chi connectivity index (χ1n) is 5.62. The van der Waals surface area contributed by atoms with Crippen LogP contribution in [0.3, 0.4) is 0 Å². The molecule has 0 spiro atoms. The van der Waals surface area contributed by atoms with Gasteiger partial charge in [-0.1, -0.05) is 20.4 Å². The van der Waals surface area contributed by atoms with Crippen LogP contribution in [-0.4, -0.2) is 49.2 Å². The largest absolute Gasteiger partial charge is 0.478 e. The van der Waals surface area contributed by atoms with Gasteiger partial charge in [0.2, 0.25) is 0 Å². The molecule has 0 saturated carbocycles. The lowest BCUT2D eigenvalue weighted by molar-refractivity contribution is -0.132. The van der Waals surface area contributed by atoms with E-state index in [1.54, 1.807) is 0 Å². The number of aliphatic carboxylic acids is 1. The van der Waals surface area contributed by atoms with E-state index in [1.165, 1.54) is 0 Å². The number of likely N-dealkylation sites (N-methyl/N-ethyl adjacent to an activating group) is 1. The molecule has 0 aliphatic carbocycles. The lowest BCUT2D eigenvalue weighted by Crippen LogP contribution is -2.40. The van der Waals surface area contributed by atoms with Gasteiger partial charge in [-0.3, -0.25) is 0 Å². The van der Waals surface area contributed by atoms with Crippen LogP contribution in [0.4, 0.5) is 0 Å². The molecule has 0 aliphatic rings. The Morgan fingerprint density at radius 2 is 2.00 bits per heavy atom. The zero-order valence-electron chi connectivity index (χ0n) is 10.8. The van der Waals surface area contributed by atoms with E-state index in [9.17, 15) is 4.79 Å². The van der Waals surface area contributed by atoms with Gasteiger partial charge in [-0.15, -0.1) is 0 Å². The molecular formula is C12H24N2O2. The zero-order chi connectivity index (χ0) is 12.7. The van der Waals surface area contributed by atoms with Crippen LogP contribution in [0, 0.1) is 5.92 Å². The topological polar surface area (TPSA) is 52.6 Å². The minimum atomic E-state index is -0.930. The van der Waals surface area contributed by atoms with Gasteiger partial charge in [-0.2, -0.15) is 0 Å². The first-order chi connectivity index (χ1) is 7.32. The summed E-state index contributed by atoms with van der Waals surface area (Å²) in [5.74, 6) is -0.337. The van der Waals surface area contributed by atoms with E-state index in [4.69, 9.17) is 5.11 Å². The lowest BCUT2D eigenvalue weighted by Gasteiger charge is -2.24. The summed E-state index contributed by atoms with van der Waals surface area (Å²) in [6.07, 6.45) is 1.03. The summed E-state index contributed by atoms with van der Waals surface area (Å²) in [5.41, 5.74) is 0.215. The van der Waals surface area contributed by atoms with Crippen molar-refractivity contribution >= 4 is 5.97 Å². The minimum absolute atomic E-state index is 0.215. The average Bonchev–Trinajstić information content (AvgIpc) is 2.11. The monoisotopic (exact) mass is 228 g/mol. The predicted octanol–water partition coefficient (Wildman–Crippen LogP) is 1.19. The van der Waals surface area contributed by atoms with Crippen LogP contribution >= 0.6 is 0 Å². The number of hydrogen-bond acceptors (Lipinski definition) is 3. The van der Waals surface area contributed by atoms with Crippen LogP contribution in [0.5, 0.6) is 0 Å². The van der Waals surface area contributed by atoms with Crippen molar-refractivity contribution in [2.75, 3.05) is 27.2 Å². The molecule has 0 aliphatic heterocycles. The van der Waals surface area contributed by atoms with E-state index >= 15 is 0 Å². The summed E-state index contributed by atoms with van der Waals surface area (Å²) >= 11 is 0. The fourth-order valence-electron chi connectivity index (χ4n) is 1.58. The van der Waals surface area contributed by atoms with Crippen molar-refractivity contribution in [3.63, 3.8) is 0 Å². The maximum absolute atomic E-state index is 10.6. The third-order valence-electron chi connectivity index (χ3n) is 2.25. The van der Waals surface area contributed by atoms with Crippen molar-refractivity contribution in [1.29, 1.82) is 0 Å². The molecule has 0 aromatic heterocycles. The summed E-state index contributed by atoms with van der Waals surface area (Å²) in [5, 5.41) is 12.0. The third kappa shape index (κ3) is 7.43. The van der Waals surface area contributed by atoms with Gasteiger partial charge in [-0.25, -0.2) is 4.79 Å². The Morgan fingerprint density at radius 3 is 2.38 bits per heavy atom. The van der Waals surface area contributed by atoms with Crippen molar-refractivity contribution in [2.24, 2.45) is 5.92 Å². The van der Waals surface area contributed by atoms with Gasteiger partial charge >= 0.3 is 5.97 Å². The number of carboxylic acid groups (broad SMARTS) is 1. The highest BCUT2D eigenvalue weighted by atomic mass is 16.4. The zero-order valence-corrected chi connectivity index (χ0v) is 10.8. The fourth-order valence-corrected chi connectivity index (χ4v) is 1.58. The first-order valence-corrected chi connectivity index (χ1v) is 5.62. The minimum Gasteiger partial charge on any atom is -0.478 e. The molecule has 0 bridgehead atoms. The Morgan fingerprint density at radius 1 is 1.44 bits per heavy atom. The summed E-state index contributed by atoms with van der Waals surface area (Å²) in [7, 11) is 4.03. The Bertz CT molecular complexity index is 227. The van der Waals surface area contributed by atoms with Gasteiger partial charge in [0.25, 0.3) is 0 Å². The highest BCUT2D eigenvalue weighted by Crippen LogP contribution is 2.06. The van der Waals surface area contributed by atoms with Crippen LogP contribution in [-0.2, 0) is 4.79 Å². The van der Waals surface area contributed by atoms with Gasteiger partial charge in [-0.05, 0) is 26.4 Å². The smallest absolute Gasteiger partial charge is 0.332 e. The van der Waals surface area contributed by atoms with Crippen LogP contribution in [0.2, 0.25) is 0 Å². The summed E-state index contributed by atoms with van der Waals surface area (Å²) in [6, 6.07) is 0.311. The number of rotatable bonds is 8. The number of carbonyl (C=O) groups is 1. The second-order valence-electron chi connectivity index (χ2n) is 4.88. The van der Waals surface area contributed by atoms with Gasteiger partial charge < -0.3 is 15.3 Å². The lowest BCUT2D eigenvalue weighted by atomic mass is 10.0. The van der Waals surface area contributed by atoms with Crippen molar-refractivity contribution in [2.45, 2.75) is 26.3 Å². The highest BCUT2D eigenvalue weighted by molar-refractivity contribution is 5.86. The molecule has 0 radical (unpaired) electrons. The standard InChI is InChI=1S/C12H24N2O2/c1-9(2)6-11(8-14(4)5)13-7-10(3)12(15)16/h9,11,13H,3,6-8H2,1-2,4-5H3,(H,15,16). The molecule has 0 aromatic rings. The third-order valence-corrected chi connectivity index (χ3v) is 2.25. The molecule has 4 heteroatoms. The molecule has 94 valence electrons. The Hall–Kier alpha value is -0.870. The Balaban J connectivity index is 4.10. The van der Waals surface area contributed by atoms with Crippen molar-refractivity contribution in [3.8, 4) is 0 Å². The van der Waals surface area contributed by atoms with Crippen molar-refractivity contribution in [1.82, 2.24) is 10.2 Å². The molecular weight excluding hydrogens is 204 g/mol. The van der Waals surface area contributed by atoms with Crippen LogP contribution in [0.1, 0.15) is 20.3 Å². The highest BCUT2D eigenvalue weighted by Gasteiger charge is 2.13.